The predicted molar refractivity (Wildman–Crippen MR) is 131 cm³/mol. The summed E-state index contributed by atoms with van der Waals surface area (Å²) < 4.78 is 39.7. The maximum Gasteiger partial charge on any atom is 0.317 e. The minimum Gasteiger partial charge on any atom is -0.480 e. The molecule has 0 atom stereocenters. The second-order valence-corrected chi connectivity index (χ2v) is 8.79. The summed E-state index contributed by atoms with van der Waals surface area (Å²) in [4.78, 5) is 16.8. The van der Waals surface area contributed by atoms with Gasteiger partial charge in [0.2, 0.25) is 5.82 Å². The summed E-state index contributed by atoms with van der Waals surface area (Å²) in [5, 5.41) is 12.9. The van der Waals surface area contributed by atoms with E-state index in [1.807, 2.05) is 18.2 Å². The van der Waals surface area contributed by atoms with Crippen molar-refractivity contribution in [2.24, 2.45) is 0 Å². The molecule has 1 N–H and O–H groups in total. The van der Waals surface area contributed by atoms with E-state index in [4.69, 9.17) is 14.4 Å². The van der Waals surface area contributed by atoms with Crippen LogP contribution < -0.4 is 0 Å². The van der Waals surface area contributed by atoms with E-state index in [9.17, 15) is 13.6 Å². The van der Waals surface area contributed by atoms with Crippen LogP contribution in [-0.4, -0.2) is 46.8 Å². The highest BCUT2D eigenvalue weighted by molar-refractivity contribution is 5.76. The highest BCUT2D eigenvalue weighted by Crippen LogP contribution is 2.36. The van der Waals surface area contributed by atoms with Crippen LogP contribution in [0.5, 0.6) is 0 Å². The number of rotatable bonds is 9. The van der Waals surface area contributed by atoms with Crippen LogP contribution in [0.4, 0.5) is 8.78 Å². The second-order valence-electron chi connectivity index (χ2n) is 8.79. The largest absolute Gasteiger partial charge is 0.480 e. The monoisotopic (exact) mass is 495 g/mol. The fraction of sp³-hybridized carbons (Fsp3) is 0.296. The standard InChI is InChI=1S/C27H27F2N3O4/c1-16-21(5-4-6-23(16)28)22-10-9-18(11-20(22)15-35-3)27-30-26(31-36-27)17-7-8-19(24(29)12-17)13-32(2)14-25(33)34/h6-12H,4-5,13-15H2,1-3H3,(H,33,34). The Bertz CT molecular complexity index is 1350. The number of carboxylic acid groups (broad SMARTS) is 1. The van der Waals surface area contributed by atoms with E-state index in [1.165, 1.54) is 11.0 Å². The number of ether oxygens (including phenoxy) is 1. The number of aliphatic carboxylic acids is 1. The number of allylic oxidation sites excluding steroid dienone is 4. The van der Waals surface area contributed by atoms with E-state index in [0.717, 1.165) is 23.1 Å². The highest BCUT2D eigenvalue weighted by Gasteiger charge is 2.19. The van der Waals surface area contributed by atoms with Crippen LogP contribution in [0.15, 0.2) is 58.4 Å². The molecular weight excluding hydrogens is 468 g/mol. The average molecular weight is 496 g/mol. The summed E-state index contributed by atoms with van der Waals surface area (Å²) in [6.07, 6.45) is 2.99. The maximum absolute atomic E-state index is 14.7. The molecule has 0 bridgehead atoms. The summed E-state index contributed by atoms with van der Waals surface area (Å²) in [5.41, 5.74) is 4.85. The molecule has 1 aliphatic rings. The van der Waals surface area contributed by atoms with Crippen LogP contribution in [0.1, 0.15) is 36.5 Å². The van der Waals surface area contributed by atoms with E-state index >= 15 is 0 Å². The number of benzene rings is 2. The summed E-state index contributed by atoms with van der Waals surface area (Å²) in [5.74, 6) is -1.17. The lowest BCUT2D eigenvalue weighted by Crippen LogP contribution is -2.25. The van der Waals surface area contributed by atoms with Crippen LogP contribution in [0.25, 0.3) is 28.4 Å². The molecule has 0 unspecified atom stereocenters. The summed E-state index contributed by atoms with van der Waals surface area (Å²) in [6.45, 7) is 2.07. The van der Waals surface area contributed by atoms with Crippen molar-refractivity contribution in [3.05, 3.63) is 76.4 Å². The Labute approximate surface area is 207 Å². The Kier molecular flexibility index (Phi) is 7.71. The number of likely N-dealkylation sites (N-methyl/N-ethyl adjacent to an activating group) is 1. The van der Waals surface area contributed by atoms with Crippen LogP contribution in [-0.2, 0) is 22.7 Å². The number of carbonyl (C=O) groups is 1. The molecule has 7 nitrogen and oxygen atoms in total. The fourth-order valence-electron chi connectivity index (χ4n) is 4.31. The van der Waals surface area contributed by atoms with Gasteiger partial charge in [-0.15, -0.1) is 0 Å². The Morgan fingerprint density at radius 2 is 1.94 bits per heavy atom. The maximum atomic E-state index is 14.7. The molecule has 0 spiro atoms. The van der Waals surface area contributed by atoms with E-state index in [-0.39, 0.29) is 30.6 Å². The van der Waals surface area contributed by atoms with E-state index in [0.29, 0.717) is 35.3 Å². The number of nitrogens with zero attached hydrogens (tertiary/aromatic N) is 3. The molecule has 0 radical (unpaired) electrons. The van der Waals surface area contributed by atoms with E-state index in [1.54, 1.807) is 39.3 Å². The molecule has 0 aliphatic heterocycles. The van der Waals surface area contributed by atoms with Gasteiger partial charge in [0.05, 0.1) is 13.2 Å². The molecule has 0 saturated heterocycles. The summed E-state index contributed by atoms with van der Waals surface area (Å²) in [6, 6.07) is 10.2. The third-order valence-corrected chi connectivity index (χ3v) is 6.09. The molecule has 0 fully saturated rings. The van der Waals surface area contributed by atoms with Crippen LogP contribution in [0.3, 0.4) is 0 Å². The van der Waals surface area contributed by atoms with Crippen molar-refractivity contribution in [2.45, 2.75) is 32.9 Å². The predicted octanol–water partition coefficient (Wildman–Crippen LogP) is 5.63. The fourth-order valence-corrected chi connectivity index (χ4v) is 4.31. The second kappa shape index (κ2) is 10.9. The quantitative estimate of drug-likeness (QED) is 0.412. The molecule has 9 heteroatoms. The van der Waals surface area contributed by atoms with Gasteiger partial charge >= 0.3 is 5.97 Å². The lowest BCUT2D eigenvalue weighted by atomic mass is 9.88. The zero-order valence-corrected chi connectivity index (χ0v) is 20.3. The van der Waals surface area contributed by atoms with Crippen LogP contribution in [0.2, 0.25) is 0 Å². The molecule has 1 heterocycles. The Hall–Kier alpha value is -3.69. The van der Waals surface area contributed by atoms with Crippen LogP contribution in [0, 0.1) is 5.82 Å². The van der Waals surface area contributed by atoms with Gasteiger partial charge in [0, 0.05) is 30.3 Å². The Balaban J connectivity index is 1.60. The first-order chi connectivity index (χ1) is 17.3. The number of aromatic nitrogens is 2. The number of carboxylic acids is 1. The van der Waals surface area contributed by atoms with Gasteiger partial charge in [-0.25, -0.2) is 8.78 Å². The van der Waals surface area contributed by atoms with Crippen molar-refractivity contribution in [1.82, 2.24) is 15.0 Å². The number of hydrogen-bond donors (Lipinski definition) is 1. The van der Waals surface area contributed by atoms with Gasteiger partial charge in [-0.1, -0.05) is 23.4 Å². The van der Waals surface area contributed by atoms with Crippen molar-refractivity contribution in [3.63, 3.8) is 0 Å². The normalized spacial score (nSPS) is 13.9. The zero-order chi connectivity index (χ0) is 25.8. The highest BCUT2D eigenvalue weighted by atomic mass is 19.1. The zero-order valence-electron chi connectivity index (χ0n) is 20.3. The van der Waals surface area contributed by atoms with Gasteiger partial charge in [0.15, 0.2) is 0 Å². The first kappa shape index (κ1) is 25.4. The Morgan fingerprint density at radius 3 is 2.67 bits per heavy atom. The molecule has 1 aliphatic carbocycles. The molecule has 2 aromatic carbocycles. The van der Waals surface area contributed by atoms with Gasteiger partial charge in [-0.3, -0.25) is 9.69 Å². The number of halogens is 2. The first-order valence-electron chi connectivity index (χ1n) is 11.5. The van der Waals surface area contributed by atoms with Gasteiger partial charge < -0.3 is 14.4 Å². The van der Waals surface area contributed by atoms with Crippen molar-refractivity contribution in [1.29, 1.82) is 0 Å². The smallest absolute Gasteiger partial charge is 0.317 e. The van der Waals surface area contributed by atoms with Crippen molar-refractivity contribution >= 4 is 11.5 Å². The molecule has 1 aromatic heterocycles. The summed E-state index contributed by atoms with van der Waals surface area (Å²) >= 11 is 0. The van der Waals surface area contributed by atoms with Gasteiger partial charge in [0.1, 0.15) is 11.6 Å². The SMILES string of the molecule is COCc1cc(-c2nc(-c3ccc(CN(C)CC(=O)O)c(F)c3)no2)ccc1C1=C(C)C(F)=CCC1. The first-order valence-corrected chi connectivity index (χ1v) is 11.5. The minimum atomic E-state index is -0.981. The molecule has 3 aromatic rings. The Morgan fingerprint density at radius 1 is 1.17 bits per heavy atom. The van der Waals surface area contributed by atoms with Gasteiger partial charge in [-0.2, -0.15) is 4.98 Å². The molecule has 4 rings (SSSR count). The van der Waals surface area contributed by atoms with E-state index < -0.39 is 11.8 Å². The average Bonchev–Trinajstić information content (AvgIpc) is 3.32. The molecule has 0 saturated carbocycles. The van der Waals surface area contributed by atoms with Gasteiger partial charge in [-0.05, 0) is 73.4 Å². The molecule has 188 valence electrons. The minimum absolute atomic E-state index is 0.153. The van der Waals surface area contributed by atoms with Gasteiger partial charge in [0.25, 0.3) is 5.89 Å². The van der Waals surface area contributed by atoms with Crippen LogP contribution >= 0.6 is 0 Å². The topological polar surface area (TPSA) is 88.7 Å². The van der Waals surface area contributed by atoms with Crippen molar-refractivity contribution in [3.8, 4) is 22.8 Å². The molecular formula is C27H27F2N3O4. The van der Waals surface area contributed by atoms with E-state index in [2.05, 4.69) is 10.1 Å². The summed E-state index contributed by atoms with van der Waals surface area (Å²) in [7, 11) is 3.21. The third-order valence-electron chi connectivity index (χ3n) is 6.09. The molecule has 36 heavy (non-hydrogen) atoms. The van der Waals surface area contributed by atoms with Crippen molar-refractivity contribution in [2.75, 3.05) is 20.7 Å². The number of hydrogen-bond acceptors (Lipinski definition) is 6. The molecule has 0 amide bonds. The third kappa shape index (κ3) is 5.58. The number of methoxy groups -OCH3 is 1. The van der Waals surface area contributed by atoms with Crippen molar-refractivity contribution < 1.29 is 27.9 Å². The lowest BCUT2D eigenvalue weighted by molar-refractivity contribution is -0.138. The lowest BCUT2D eigenvalue weighted by Gasteiger charge is -2.19.